The lowest BCUT2D eigenvalue weighted by Gasteiger charge is -2.36. The van der Waals surface area contributed by atoms with Crippen molar-refractivity contribution in [3.8, 4) is 0 Å². The lowest BCUT2D eigenvalue weighted by atomic mass is 9.70. The highest BCUT2D eigenvalue weighted by molar-refractivity contribution is 5.21. The molecule has 3 atom stereocenters. The molecule has 0 aromatic heterocycles. The Bertz CT molecular complexity index is 344. The Labute approximate surface area is 118 Å². The molecule has 0 radical (unpaired) electrons. The van der Waals surface area contributed by atoms with Gasteiger partial charge in [-0.15, -0.1) is 0 Å². The van der Waals surface area contributed by atoms with Gasteiger partial charge in [-0.05, 0) is 55.7 Å². The van der Waals surface area contributed by atoms with Gasteiger partial charge in [0.1, 0.15) is 0 Å². The van der Waals surface area contributed by atoms with Crippen molar-refractivity contribution in [2.45, 2.75) is 51.9 Å². The van der Waals surface area contributed by atoms with E-state index in [0.717, 1.165) is 24.3 Å². The highest BCUT2D eigenvalue weighted by Gasteiger charge is 2.30. The predicted molar refractivity (Wildman–Crippen MR) is 83.5 cm³/mol. The van der Waals surface area contributed by atoms with Crippen molar-refractivity contribution in [2.75, 3.05) is 13.1 Å². The van der Waals surface area contributed by atoms with E-state index in [2.05, 4.69) is 49.5 Å². The monoisotopic (exact) mass is 259 g/mol. The minimum absolute atomic E-state index is 0.768. The quantitative estimate of drug-likeness (QED) is 0.736. The Morgan fingerprint density at radius 3 is 2.58 bits per heavy atom. The van der Waals surface area contributed by atoms with Gasteiger partial charge in [0, 0.05) is 0 Å². The fraction of sp³-hybridized carbons (Fsp3) is 0.667. The van der Waals surface area contributed by atoms with Crippen LogP contribution in [-0.2, 0) is 0 Å². The Morgan fingerprint density at radius 1 is 1.11 bits per heavy atom. The minimum Gasteiger partial charge on any atom is -0.316 e. The van der Waals surface area contributed by atoms with Gasteiger partial charge < -0.3 is 5.32 Å². The first-order chi connectivity index (χ1) is 9.35. The normalized spacial score (nSPS) is 27.4. The third-order valence-corrected chi connectivity index (χ3v) is 4.74. The zero-order valence-electron chi connectivity index (χ0n) is 12.6. The molecule has 106 valence electrons. The molecule has 1 aliphatic carbocycles. The number of benzene rings is 1. The van der Waals surface area contributed by atoms with Gasteiger partial charge in [-0.1, -0.05) is 57.0 Å². The molecule has 0 aliphatic heterocycles. The van der Waals surface area contributed by atoms with E-state index in [-0.39, 0.29) is 0 Å². The fourth-order valence-electron chi connectivity index (χ4n) is 3.51. The van der Waals surface area contributed by atoms with Crippen LogP contribution in [0.15, 0.2) is 30.3 Å². The van der Waals surface area contributed by atoms with Crippen LogP contribution in [0.2, 0.25) is 0 Å². The average molecular weight is 259 g/mol. The van der Waals surface area contributed by atoms with E-state index in [1.807, 2.05) is 0 Å². The molecular weight excluding hydrogens is 230 g/mol. The predicted octanol–water partition coefficient (Wildman–Crippen LogP) is 4.60. The second-order valence-electron chi connectivity index (χ2n) is 6.07. The van der Waals surface area contributed by atoms with E-state index in [1.165, 1.54) is 38.6 Å². The molecule has 1 aromatic rings. The van der Waals surface area contributed by atoms with E-state index in [9.17, 15) is 0 Å². The maximum atomic E-state index is 3.64. The summed E-state index contributed by atoms with van der Waals surface area (Å²) in [5.74, 6) is 2.54. The molecule has 0 heterocycles. The maximum Gasteiger partial charge on any atom is -0.00147 e. The average Bonchev–Trinajstić information content (AvgIpc) is 2.48. The summed E-state index contributed by atoms with van der Waals surface area (Å²) in [5.41, 5.74) is 1.56. The van der Waals surface area contributed by atoms with E-state index in [4.69, 9.17) is 0 Å². The van der Waals surface area contributed by atoms with Crippen LogP contribution in [0.1, 0.15) is 57.4 Å². The van der Waals surface area contributed by atoms with Gasteiger partial charge in [0.15, 0.2) is 0 Å². The topological polar surface area (TPSA) is 12.0 Å². The van der Waals surface area contributed by atoms with Gasteiger partial charge in [-0.2, -0.15) is 0 Å². The maximum absolute atomic E-state index is 3.64. The standard InChI is InChI=1S/C18H29N/c1-3-12-19-14-17-11-10-15(4-2)13-18(17)16-8-6-5-7-9-16/h5-9,15,17-19H,3-4,10-14H2,1-2H3. The molecule has 0 bridgehead atoms. The summed E-state index contributed by atoms with van der Waals surface area (Å²) in [7, 11) is 0. The Morgan fingerprint density at radius 2 is 1.89 bits per heavy atom. The highest BCUT2D eigenvalue weighted by Crippen LogP contribution is 2.41. The van der Waals surface area contributed by atoms with E-state index in [0.29, 0.717) is 0 Å². The molecule has 1 heteroatoms. The van der Waals surface area contributed by atoms with Gasteiger partial charge in [0.25, 0.3) is 0 Å². The summed E-state index contributed by atoms with van der Waals surface area (Å²) in [6.07, 6.45) is 6.80. The molecule has 0 saturated heterocycles. The first kappa shape index (κ1) is 14.6. The largest absolute Gasteiger partial charge is 0.316 e. The van der Waals surface area contributed by atoms with Gasteiger partial charge in [0.05, 0.1) is 0 Å². The molecule has 0 spiro atoms. The molecule has 1 aliphatic rings. The van der Waals surface area contributed by atoms with Crippen LogP contribution in [0.25, 0.3) is 0 Å². The minimum atomic E-state index is 0.768. The molecule has 1 nitrogen and oxygen atoms in total. The van der Waals surface area contributed by atoms with Crippen LogP contribution < -0.4 is 5.32 Å². The second-order valence-corrected chi connectivity index (χ2v) is 6.07. The molecule has 1 aromatic carbocycles. The summed E-state index contributed by atoms with van der Waals surface area (Å²) in [6.45, 7) is 6.96. The van der Waals surface area contributed by atoms with Gasteiger partial charge in [-0.3, -0.25) is 0 Å². The van der Waals surface area contributed by atoms with Gasteiger partial charge in [-0.25, -0.2) is 0 Å². The van der Waals surface area contributed by atoms with Crippen LogP contribution in [0.5, 0.6) is 0 Å². The van der Waals surface area contributed by atoms with E-state index in [1.54, 1.807) is 5.56 Å². The summed E-state index contributed by atoms with van der Waals surface area (Å²) in [5, 5.41) is 3.64. The van der Waals surface area contributed by atoms with E-state index >= 15 is 0 Å². The van der Waals surface area contributed by atoms with Crippen LogP contribution in [-0.4, -0.2) is 13.1 Å². The van der Waals surface area contributed by atoms with Crippen molar-refractivity contribution >= 4 is 0 Å². The SMILES string of the molecule is CCCNCC1CCC(CC)CC1c1ccccc1. The summed E-state index contributed by atoms with van der Waals surface area (Å²) < 4.78 is 0. The van der Waals surface area contributed by atoms with Crippen LogP contribution in [0, 0.1) is 11.8 Å². The zero-order valence-corrected chi connectivity index (χ0v) is 12.6. The Balaban J connectivity index is 2.03. The lowest BCUT2D eigenvalue weighted by molar-refractivity contribution is 0.226. The van der Waals surface area contributed by atoms with Crippen molar-refractivity contribution in [3.05, 3.63) is 35.9 Å². The van der Waals surface area contributed by atoms with Crippen LogP contribution in [0.3, 0.4) is 0 Å². The highest BCUT2D eigenvalue weighted by atomic mass is 14.9. The Hall–Kier alpha value is -0.820. The van der Waals surface area contributed by atoms with Crippen molar-refractivity contribution < 1.29 is 0 Å². The summed E-state index contributed by atoms with van der Waals surface area (Å²) in [6, 6.07) is 11.2. The van der Waals surface area contributed by atoms with Gasteiger partial charge in [0.2, 0.25) is 0 Å². The van der Waals surface area contributed by atoms with Crippen molar-refractivity contribution in [1.29, 1.82) is 0 Å². The van der Waals surface area contributed by atoms with Gasteiger partial charge >= 0.3 is 0 Å². The number of hydrogen-bond acceptors (Lipinski definition) is 1. The second kappa shape index (κ2) is 7.69. The molecule has 1 fully saturated rings. The molecule has 2 rings (SSSR count). The summed E-state index contributed by atoms with van der Waals surface area (Å²) >= 11 is 0. The van der Waals surface area contributed by atoms with Crippen molar-refractivity contribution in [3.63, 3.8) is 0 Å². The Kier molecular flexibility index (Phi) is 5.91. The molecule has 19 heavy (non-hydrogen) atoms. The van der Waals surface area contributed by atoms with E-state index < -0.39 is 0 Å². The first-order valence-electron chi connectivity index (χ1n) is 8.10. The molecule has 1 N–H and O–H groups in total. The van der Waals surface area contributed by atoms with Crippen LogP contribution in [0.4, 0.5) is 0 Å². The van der Waals surface area contributed by atoms with Crippen molar-refractivity contribution in [2.24, 2.45) is 11.8 Å². The van der Waals surface area contributed by atoms with Crippen LogP contribution >= 0.6 is 0 Å². The number of rotatable bonds is 6. The van der Waals surface area contributed by atoms with Crippen molar-refractivity contribution in [1.82, 2.24) is 5.32 Å². The smallest absolute Gasteiger partial charge is 0.00147 e. The molecule has 1 saturated carbocycles. The first-order valence-corrected chi connectivity index (χ1v) is 8.10. The molecular formula is C18H29N. The number of hydrogen-bond donors (Lipinski definition) is 1. The molecule has 0 amide bonds. The zero-order chi connectivity index (χ0) is 13.5. The lowest BCUT2D eigenvalue weighted by Crippen LogP contribution is -2.32. The fourth-order valence-corrected chi connectivity index (χ4v) is 3.51. The summed E-state index contributed by atoms with van der Waals surface area (Å²) in [4.78, 5) is 0. The number of nitrogens with one attached hydrogen (secondary N) is 1. The molecule has 3 unspecified atom stereocenters. The third-order valence-electron chi connectivity index (χ3n) is 4.74. The third kappa shape index (κ3) is 4.07.